The van der Waals surface area contributed by atoms with Gasteiger partial charge in [0.1, 0.15) is 5.75 Å². The van der Waals surface area contributed by atoms with Gasteiger partial charge in [-0.15, -0.1) is 0 Å². The normalized spacial score (nSPS) is 29.6. The number of aromatic nitrogens is 1. The van der Waals surface area contributed by atoms with Crippen LogP contribution in [0.5, 0.6) is 5.75 Å². The van der Waals surface area contributed by atoms with E-state index in [0.717, 1.165) is 5.75 Å². The van der Waals surface area contributed by atoms with Crippen LogP contribution in [0, 0.1) is 5.92 Å². The van der Waals surface area contributed by atoms with Gasteiger partial charge in [-0.1, -0.05) is 0 Å². The van der Waals surface area contributed by atoms with Crippen molar-refractivity contribution in [3.8, 4) is 5.75 Å². The van der Waals surface area contributed by atoms with Gasteiger partial charge in [-0.2, -0.15) is 0 Å². The molecule has 4 unspecified atom stereocenters. The maximum atomic E-state index is 5.56. The number of nitrogens with zero attached hydrogens (tertiary/aromatic N) is 3. The van der Waals surface area contributed by atoms with Crippen molar-refractivity contribution in [1.82, 2.24) is 9.88 Å². The number of piperidine rings is 2. The van der Waals surface area contributed by atoms with Crippen LogP contribution in [0.4, 0.5) is 5.69 Å². The van der Waals surface area contributed by atoms with Gasteiger partial charge in [0.05, 0.1) is 7.11 Å². The molecular weight excluding hydrogens is 334 g/mol. The topological polar surface area (TPSA) is 28.6 Å². The molecular formula is C23H27N3O. The Bertz CT molecular complexity index is 878. The summed E-state index contributed by atoms with van der Waals surface area (Å²) in [7, 11) is 4.06. The molecule has 0 N–H and O–H groups in total. The van der Waals surface area contributed by atoms with Crippen LogP contribution in [-0.2, 0) is 0 Å². The summed E-state index contributed by atoms with van der Waals surface area (Å²) in [6.07, 6.45) is 8.75. The third kappa shape index (κ3) is 2.58. The average molecular weight is 361 g/mol. The standard InChI is InChI=1S/C23H27N3O/c1-15(16-8-10-24-11-9-16)13-26-20-7-5-18(27-3)12-19(20)22-21-6-4-17(23(22)26)14-25(21)2/h5,7-13,17,21-23H,4,6,14H2,1-3H3/b15-13+. The number of hydrogen-bond donors (Lipinski definition) is 0. The SMILES string of the molecule is COc1ccc2c(c1)C1C3CCC(CN3C)C1N2/C=C(\C)c1ccncc1. The molecule has 27 heavy (non-hydrogen) atoms. The second-order valence-corrected chi connectivity index (χ2v) is 8.24. The van der Waals surface area contributed by atoms with Crippen LogP contribution in [0.3, 0.4) is 0 Å². The van der Waals surface area contributed by atoms with Crippen LogP contribution in [0.2, 0.25) is 0 Å². The molecule has 0 spiro atoms. The minimum atomic E-state index is 0.554. The van der Waals surface area contributed by atoms with Gasteiger partial charge >= 0.3 is 0 Å². The van der Waals surface area contributed by atoms with Crippen molar-refractivity contribution in [3.05, 3.63) is 60.1 Å². The summed E-state index contributed by atoms with van der Waals surface area (Å²) < 4.78 is 5.56. The monoisotopic (exact) mass is 361 g/mol. The largest absolute Gasteiger partial charge is 0.497 e. The second-order valence-electron chi connectivity index (χ2n) is 8.24. The lowest BCUT2D eigenvalue weighted by atomic mass is 9.68. The molecule has 140 valence electrons. The number of anilines is 1. The first-order valence-corrected chi connectivity index (χ1v) is 9.92. The molecule has 3 fully saturated rings. The van der Waals surface area contributed by atoms with Crippen molar-refractivity contribution < 1.29 is 4.74 Å². The second kappa shape index (κ2) is 6.38. The van der Waals surface area contributed by atoms with E-state index >= 15 is 0 Å². The lowest BCUT2D eigenvalue weighted by Gasteiger charge is -2.52. The van der Waals surface area contributed by atoms with Gasteiger partial charge in [-0.25, -0.2) is 0 Å². The highest BCUT2D eigenvalue weighted by Crippen LogP contribution is 2.55. The fraction of sp³-hybridized carbons (Fsp3) is 0.435. The maximum Gasteiger partial charge on any atom is 0.119 e. The predicted octanol–water partition coefficient (Wildman–Crippen LogP) is 4.15. The van der Waals surface area contributed by atoms with Gasteiger partial charge < -0.3 is 14.5 Å². The molecule has 4 heteroatoms. The molecule has 1 aromatic carbocycles. The summed E-state index contributed by atoms with van der Waals surface area (Å²) in [6, 6.07) is 12.0. The molecule has 3 aliphatic heterocycles. The van der Waals surface area contributed by atoms with Crippen molar-refractivity contribution in [1.29, 1.82) is 0 Å². The predicted molar refractivity (Wildman–Crippen MR) is 109 cm³/mol. The van der Waals surface area contributed by atoms with Crippen LogP contribution in [0.25, 0.3) is 5.57 Å². The number of fused-ring (bicyclic) bond motifs is 3. The summed E-state index contributed by atoms with van der Waals surface area (Å²) in [5.41, 5.74) is 5.34. The highest BCUT2D eigenvalue weighted by molar-refractivity contribution is 5.73. The fourth-order valence-electron chi connectivity index (χ4n) is 5.62. The quantitative estimate of drug-likeness (QED) is 0.821. The Morgan fingerprint density at radius 3 is 2.74 bits per heavy atom. The van der Waals surface area contributed by atoms with E-state index in [2.05, 4.69) is 65.3 Å². The summed E-state index contributed by atoms with van der Waals surface area (Å²) in [5, 5.41) is 0. The first-order chi connectivity index (χ1) is 13.2. The van der Waals surface area contributed by atoms with Crippen LogP contribution >= 0.6 is 0 Å². The Morgan fingerprint density at radius 1 is 1.19 bits per heavy atom. The Hall–Kier alpha value is -2.33. The van der Waals surface area contributed by atoms with Gasteiger partial charge in [0.25, 0.3) is 0 Å². The van der Waals surface area contributed by atoms with Gasteiger partial charge in [0, 0.05) is 48.8 Å². The molecule has 0 amide bonds. The number of benzene rings is 1. The number of methoxy groups -OCH3 is 1. The van der Waals surface area contributed by atoms with Gasteiger partial charge in [0.15, 0.2) is 0 Å². The van der Waals surface area contributed by atoms with E-state index in [-0.39, 0.29) is 0 Å². The van der Waals surface area contributed by atoms with E-state index in [0.29, 0.717) is 23.9 Å². The van der Waals surface area contributed by atoms with E-state index < -0.39 is 0 Å². The Morgan fingerprint density at radius 2 is 2.00 bits per heavy atom. The average Bonchev–Trinajstić information content (AvgIpc) is 3.04. The molecule has 6 rings (SSSR count). The van der Waals surface area contributed by atoms with Gasteiger partial charge in [-0.05, 0) is 79.8 Å². The number of hydrogen-bond acceptors (Lipinski definition) is 4. The molecule has 4 aliphatic rings. The third-order valence-electron chi connectivity index (χ3n) is 6.85. The Kier molecular flexibility index (Phi) is 3.97. The minimum absolute atomic E-state index is 0.554. The summed E-state index contributed by atoms with van der Waals surface area (Å²) in [5.74, 6) is 2.24. The fourth-order valence-corrected chi connectivity index (χ4v) is 5.62. The lowest BCUT2D eigenvalue weighted by molar-refractivity contribution is 0.0394. The highest BCUT2D eigenvalue weighted by atomic mass is 16.5. The maximum absolute atomic E-state index is 5.56. The summed E-state index contributed by atoms with van der Waals surface area (Å²) in [6.45, 7) is 3.41. The van der Waals surface area contributed by atoms with Crippen molar-refractivity contribution in [2.24, 2.45) is 5.92 Å². The highest BCUT2D eigenvalue weighted by Gasteiger charge is 2.53. The van der Waals surface area contributed by atoms with Crippen molar-refractivity contribution in [2.45, 2.75) is 37.8 Å². The van der Waals surface area contributed by atoms with Crippen molar-refractivity contribution >= 4 is 11.3 Å². The molecule has 1 saturated carbocycles. The molecule has 1 aromatic heterocycles. The van der Waals surface area contributed by atoms with E-state index in [1.165, 1.54) is 41.8 Å². The molecule has 2 saturated heterocycles. The van der Waals surface area contributed by atoms with Crippen LogP contribution in [-0.4, -0.2) is 42.7 Å². The van der Waals surface area contributed by atoms with Crippen LogP contribution < -0.4 is 9.64 Å². The van der Waals surface area contributed by atoms with E-state index in [4.69, 9.17) is 4.74 Å². The Labute approximate surface area is 161 Å². The zero-order chi connectivity index (χ0) is 18.5. The number of ether oxygens (including phenoxy) is 1. The van der Waals surface area contributed by atoms with Crippen LogP contribution in [0.1, 0.15) is 36.8 Å². The molecule has 0 radical (unpaired) electrons. The molecule has 4 heterocycles. The molecule has 2 aromatic rings. The van der Waals surface area contributed by atoms with Crippen molar-refractivity contribution in [3.63, 3.8) is 0 Å². The number of rotatable bonds is 3. The Balaban J connectivity index is 1.62. The molecule has 1 aliphatic carbocycles. The summed E-state index contributed by atoms with van der Waals surface area (Å²) >= 11 is 0. The zero-order valence-corrected chi connectivity index (χ0v) is 16.3. The molecule has 4 atom stereocenters. The molecule has 2 bridgehead atoms. The minimum Gasteiger partial charge on any atom is -0.497 e. The first-order valence-electron chi connectivity index (χ1n) is 9.92. The number of allylic oxidation sites excluding steroid dienone is 1. The smallest absolute Gasteiger partial charge is 0.119 e. The lowest BCUT2D eigenvalue weighted by Crippen LogP contribution is -2.59. The van der Waals surface area contributed by atoms with E-state index in [9.17, 15) is 0 Å². The van der Waals surface area contributed by atoms with Gasteiger partial charge in [-0.3, -0.25) is 4.98 Å². The van der Waals surface area contributed by atoms with Crippen LogP contribution in [0.15, 0.2) is 48.9 Å². The first kappa shape index (κ1) is 16.8. The third-order valence-corrected chi connectivity index (χ3v) is 6.85. The molecule has 4 nitrogen and oxygen atoms in total. The van der Waals surface area contributed by atoms with Crippen molar-refractivity contribution in [2.75, 3.05) is 25.6 Å². The number of pyridine rings is 1. The van der Waals surface area contributed by atoms with E-state index in [1.54, 1.807) is 7.11 Å². The zero-order valence-electron chi connectivity index (χ0n) is 16.3. The summed E-state index contributed by atoms with van der Waals surface area (Å²) in [4.78, 5) is 9.31. The van der Waals surface area contributed by atoms with Gasteiger partial charge in [0.2, 0.25) is 0 Å². The number of likely N-dealkylation sites (N-methyl/N-ethyl adjacent to an activating group) is 1. The van der Waals surface area contributed by atoms with E-state index in [1.807, 2.05) is 12.4 Å².